The summed E-state index contributed by atoms with van der Waals surface area (Å²) in [6, 6.07) is 15.2. The average Bonchev–Trinajstić information content (AvgIpc) is 3.11. The van der Waals surface area contributed by atoms with Gasteiger partial charge in [-0.2, -0.15) is 5.10 Å². The third-order valence-electron chi connectivity index (χ3n) is 4.34. The van der Waals surface area contributed by atoms with Gasteiger partial charge in [-0.15, -0.1) is 0 Å². The van der Waals surface area contributed by atoms with E-state index in [0.717, 1.165) is 12.1 Å². The van der Waals surface area contributed by atoms with Crippen LogP contribution in [0.3, 0.4) is 0 Å². The molecular formula is C23H25ClN4O3. The number of benzene rings is 2. The second-order valence-electron chi connectivity index (χ2n) is 7.38. The summed E-state index contributed by atoms with van der Waals surface area (Å²) in [7, 11) is 0. The largest absolute Gasteiger partial charge is 0.462 e. The third-order valence-corrected chi connectivity index (χ3v) is 4.60. The molecule has 162 valence electrons. The number of hydrogen-bond donors (Lipinski definition) is 2. The van der Waals surface area contributed by atoms with Crippen LogP contribution < -0.4 is 10.6 Å². The van der Waals surface area contributed by atoms with Crippen molar-refractivity contribution in [2.45, 2.75) is 27.2 Å². The van der Waals surface area contributed by atoms with Gasteiger partial charge >= 0.3 is 12.0 Å². The van der Waals surface area contributed by atoms with Gasteiger partial charge in [0.25, 0.3) is 0 Å². The van der Waals surface area contributed by atoms with Gasteiger partial charge in [-0.05, 0) is 67.8 Å². The molecule has 0 bridgehead atoms. The van der Waals surface area contributed by atoms with Gasteiger partial charge in [0, 0.05) is 16.8 Å². The van der Waals surface area contributed by atoms with Crippen molar-refractivity contribution >= 4 is 35.1 Å². The quantitative estimate of drug-likeness (QED) is 0.472. The molecule has 7 nitrogen and oxygen atoms in total. The average molecular weight is 441 g/mol. The normalized spacial score (nSPS) is 10.7. The number of carbonyl (C=O) groups is 2. The Morgan fingerprint density at radius 1 is 1.06 bits per heavy atom. The van der Waals surface area contributed by atoms with E-state index in [4.69, 9.17) is 16.3 Å². The second kappa shape index (κ2) is 10.1. The van der Waals surface area contributed by atoms with Crippen molar-refractivity contribution in [1.29, 1.82) is 0 Å². The van der Waals surface area contributed by atoms with Crippen LogP contribution in [0, 0.1) is 5.92 Å². The Labute approximate surface area is 186 Å². The van der Waals surface area contributed by atoms with Gasteiger partial charge in [0.1, 0.15) is 5.82 Å². The highest BCUT2D eigenvalue weighted by Gasteiger charge is 2.15. The summed E-state index contributed by atoms with van der Waals surface area (Å²) in [5.41, 5.74) is 2.64. The number of nitrogens with zero attached hydrogens (tertiary/aromatic N) is 2. The predicted molar refractivity (Wildman–Crippen MR) is 122 cm³/mol. The lowest BCUT2D eigenvalue weighted by atomic mass is 10.1. The van der Waals surface area contributed by atoms with Crippen molar-refractivity contribution in [3.8, 4) is 5.69 Å². The first-order chi connectivity index (χ1) is 14.9. The van der Waals surface area contributed by atoms with Gasteiger partial charge in [0.15, 0.2) is 0 Å². The second-order valence-corrected chi connectivity index (χ2v) is 7.82. The molecule has 0 aliphatic rings. The molecule has 31 heavy (non-hydrogen) atoms. The smallest absolute Gasteiger partial charge is 0.338 e. The Morgan fingerprint density at radius 3 is 2.35 bits per heavy atom. The molecule has 0 spiro atoms. The maximum absolute atomic E-state index is 12.5. The molecule has 0 aliphatic heterocycles. The van der Waals surface area contributed by atoms with Gasteiger partial charge in [0.05, 0.1) is 23.6 Å². The topological polar surface area (TPSA) is 85.2 Å². The number of hydrogen-bond acceptors (Lipinski definition) is 4. The lowest BCUT2D eigenvalue weighted by Gasteiger charge is -2.11. The summed E-state index contributed by atoms with van der Waals surface area (Å²) in [5.74, 6) is 0.548. The molecule has 2 N–H and O–H groups in total. The molecule has 1 heterocycles. The Hall–Kier alpha value is -3.32. The van der Waals surface area contributed by atoms with E-state index in [1.807, 2.05) is 6.07 Å². The van der Waals surface area contributed by atoms with Gasteiger partial charge in [-0.1, -0.05) is 25.4 Å². The van der Waals surface area contributed by atoms with E-state index in [-0.39, 0.29) is 5.97 Å². The lowest BCUT2D eigenvalue weighted by Crippen LogP contribution is -2.21. The maximum Gasteiger partial charge on any atom is 0.338 e. The van der Waals surface area contributed by atoms with E-state index in [1.165, 1.54) is 0 Å². The van der Waals surface area contributed by atoms with Crippen molar-refractivity contribution in [3.05, 3.63) is 70.9 Å². The summed E-state index contributed by atoms with van der Waals surface area (Å²) >= 11 is 5.89. The van der Waals surface area contributed by atoms with Crippen molar-refractivity contribution in [1.82, 2.24) is 9.78 Å². The van der Waals surface area contributed by atoms with Gasteiger partial charge < -0.3 is 10.1 Å². The van der Waals surface area contributed by atoms with E-state index < -0.39 is 6.03 Å². The zero-order chi connectivity index (χ0) is 22.4. The Bertz CT molecular complexity index is 1040. The highest BCUT2D eigenvalue weighted by atomic mass is 35.5. The number of esters is 1. The van der Waals surface area contributed by atoms with Crippen molar-refractivity contribution in [2.75, 3.05) is 17.2 Å². The van der Waals surface area contributed by atoms with E-state index in [1.54, 1.807) is 60.1 Å². The van der Waals surface area contributed by atoms with Crippen LogP contribution >= 0.6 is 11.6 Å². The summed E-state index contributed by atoms with van der Waals surface area (Å²) in [5, 5.41) is 10.9. The van der Waals surface area contributed by atoms with E-state index in [2.05, 4.69) is 29.6 Å². The van der Waals surface area contributed by atoms with Crippen molar-refractivity contribution < 1.29 is 14.3 Å². The van der Waals surface area contributed by atoms with E-state index in [9.17, 15) is 9.59 Å². The monoisotopic (exact) mass is 440 g/mol. The molecule has 0 aliphatic carbocycles. The predicted octanol–water partition coefficient (Wildman–Crippen LogP) is 5.54. The fraction of sp³-hybridized carbons (Fsp3) is 0.261. The molecule has 2 aromatic carbocycles. The van der Waals surface area contributed by atoms with Crippen LogP contribution in [-0.4, -0.2) is 28.4 Å². The SMILES string of the molecule is CCOC(=O)c1ccc(-n2nc(CC(C)C)cc2NC(=O)Nc2ccc(Cl)cc2)cc1. The molecule has 0 radical (unpaired) electrons. The number of aromatic nitrogens is 2. The summed E-state index contributed by atoms with van der Waals surface area (Å²) in [6.45, 7) is 6.29. The molecule has 0 atom stereocenters. The number of urea groups is 1. The van der Waals surface area contributed by atoms with Crippen molar-refractivity contribution in [3.63, 3.8) is 0 Å². The summed E-state index contributed by atoms with van der Waals surface area (Å²) < 4.78 is 6.67. The number of nitrogens with one attached hydrogen (secondary N) is 2. The van der Waals surface area contributed by atoms with Crippen LogP contribution in [0.2, 0.25) is 5.02 Å². The number of anilines is 2. The molecule has 8 heteroatoms. The fourth-order valence-electron chi connectivity index (χ4n) is 3.00. The Kier molecular flexibility index (Phi) is 7.31. The highest BCUT2D eigenvalue weighted by molar-refractivity contribution is 6.30. The zero-order valence-electron chi connectivity index (χ0n) is 17.7. The molecule has 3 aromatic rings. The van der Waals surface area contributed by atoms with Crippen LogP contribution in [0.15, 0.2) is 54.6 Å². The van der Waals surface area contributed by atoms with Crippen LogP contribution in [0.25, 0.3) is 5.69 Å². The highest BCUT2D eigenvalue weighted by Crippen LogP contribution is 2.21. The number of amides is 2. The number of ether oxygens (including phenoxy) is 1. The fourth-order valence-corrected chi connectivity index (χ4v) is 3.13. The minimum absolute atomic E-state index is 0.315. The molecule has 3 rings (SSSR count). The van der Waals surface area contributed by atoms with Crippen LogP contribution in [0.4, 0.5) is 16.3 Å². The molecular weight excluding hydrogens is 416 g/mol. The van der Waals surface area contributed by atoms with Crippen LogP contribution in [-0.2, 0) is 11.2 Å². The summed E-state index contributed by atoms with van der Waals surface area (Å²) in [4.78, 5) is 24.4. The van der Waals surface area contributed by atoms with E-state index >= 15 is 0 Å². The lowest BCUT2D eigenvalue weighted by molar-refractivity contribution is 0.0526. The van der Waals surface area contributed by atoms with Gasteiger partial charge in [-0.3, -0.25) is 5.32 Å². The number of halogens is 1. The van der Waals surface area contributed by atoms with Gasteiger partial charge in [0.2, 0.25) is 0 Å². The Morgan fingerprint density at radius 2 is 1.74 bits per heavy atom. The molecule has 0 fully saturated rings. The molecule has 0 saturated carbocycles. The van der Waals surface area contributed by atoms with E-state index in [0.29, 0.717) is 40.3 Å². The van der Waals surface area contributed by atoms with Crippen molar-refractivity contribution in [2.24, 2.45) is 5.92 Å². The Balaban J connectivity index is 1.83. The molecule has 1 aromatic heterocycles. The first-order valence-electron chi connectivity index (χ1n) is 10.1. The first kappa shape index (κ1) is 22.4. The molecule has 0 unspecified atom stereocenters. The first-order valence-corrected chi connectivity index (χ1v) is 10.4. The summed E-state index contributed by atoms with van der Waals surface area (Å²) in [6.07, 6.45) is 0.765. The molecule has 0 saturated heterocycles. The van der Waals surface area contributed by atoms with Crippen LogP contribution in [0.5, 0.6) is 0 Å². The standard InChI is InChI=1S/C23H25ClN4O3/c1-4-31-22(29)16-5-11-20(12-6-16)28-21(14-19(27-28)13-15(2)3)26-23(30)25-18-9-7-17(24)8-10-18/h5-12,14-15H,4,13H2,1-3H3,(H2,25,26,30). The molecule has 2 amide bonds. The number of carbonyl (C=O) groups excluding carboxylic acids is 2. The minimum atomic E-state index is -0.400. The minimum Gasteiger partial charge on any atom is -0.462 e. The van der Waals surface area contributed by atoms with Gasteiger partial charge in [-0.25, -0.2) is 14.3 Å². The third kappa shape index (κ3) is 6.08. The van der Waals surface area contributed by atoms with Crippen LogP contribution in [0.1, 0.15) is 36.8 Å². The number of rotatable bonds is 7. The zero-order valence-corrected chi connectivity index (χ0v) is 18.4. The maximum atomic E-state index is 12.5.